The highest BCUT2D eigenvalue weighted by molar-refractivity contribution is 7.99. The van der Waals surface area contributed by atoms with Crippen LogP contribution in [0.5, 0.6) is 0 Å². The molecule has 0 fully saturated rings. The van der Waals surface area contributed by atoms with Crippen LogP contribution in [0.25, 0.3) is 5.69 Å². The smallest absolute Gasteiger partial charge is 0.196 e. The molecular weight excluding hydrogens is 278 g/mol. The molecule has 0 bridgehead atoms. The van der Waals surface area contributed by atoms with Crippen LogP contribution in [0.3, 0.4) is 0 Å². The first-order chi connectivity index (χ1) is 10.4. The average molecular weight is 291 g/mol. The maximum atomic E-state index is 4.15. The van der Waals surface area contributed by atoms with Gasteiger partial charge in [-0.05, 0) is 24.3 Å². The molecule has 0 unspecified atom stereocenters. The van der Waals surface area contributed by atoms with Crippen molar-refractivity contribution in [3.05, 3.63) is 72.6 Å². The van der Waals surface area contributed by atoms with E-state index in [0.717, 1.165) is 16.4 Å². The van der Waals surface area contributed by atoms with E-state index in [1.807, 2.05) is 65.2 Å². The van der Waals surface area contributed by atoms with Crippen molar-refractivity contribution in [1.82, 2.24) is 14.8 Å². The molecule has 0 saturated carbocycles. The van der Waals surface area contributed by atoms with Crippen LogP contribution in [-0.2, 0) is 0 Å². The van der Waals surface area contributed by atoms with Crippen molar-refractivity contribution in [2.75, 3.05) is 5.75 Å². The molecule has 102 valence electrons. The summed E-state index contributed by atoms with van der Waals surface area (Å²) < 4.78 is 1.97. The second kappa shape index (κ2) is 6.78. The lowest BCUT2D eigenvalue weighted by molar-refractivity contribution is 0.886. The first kappa shape index (κ1) is 13.5. The number of nitrogens with zero attached hydrogens (tertiary/aromatic N) is 3. The molecule has 0 aliphatic carbocycles. The largest absolute Gasteiger partial charge is 0.277 e. The topological polar surface area (TPSA) is 30.7 Å². The van der Waals surface area contributed by atoms with Crippen LogP contribution in [0.2, 0.25) is 0 Å². The SMILES string of the molecule is C(#Cc1ccccc1)CSc1nncn1-c1ccccc1. The van der Waals surface area contributed by atoms with E-state index in [-0.39, 0.29) is 0 Å². The van der Waals surface area contributed by atoms with Crippen LogP contribution in [0.4, 0.5) is 0 Å². The predicted octanol–water partition coefficient (Wildman–Crippen LogP) is 3.41. The predicted molar refractivity (Wildman–Crippen MR) is 85.4 cm³/mol. The number of aromatic nitrogens is 3. The van der Waals surface area contributed by atoms with E-state index in [2.05, 4.69) is 22.0 Å². The summed E-state index contributed by atoms with van der Waals surface area (Å²) >= 11 is 1.58. The maximum Gasteiger partial charge on any atom is 0.196 e. The third-order valence-electron chi connectivity index (χ3n) is 2.83. The number of thioether (sulfide) groups is 1. The molecule has 3 nitrogen and oxygen atoms in total. The first-order valence-electron chi connectivity index (χ1n) is 6.55. The molecule has 3 rings (SSSR count). The van der Waals surface area contributed by atoms with Crippen LogP contribution < -0.4 is 0 Å². The molecule has 0 spiro atoms. The molecule has 0 N–H and O–H groups in total. The van der Waals surface area contributed by atoms with Crippen LogP contribution in [-0.4, -0.2) is 20.5 Å². The Morgan fingerprint density at radius 2 is 1.67 bits per heavy atom. The molecule has 1 aromatic heterocycles. The fourth-order valence-corrected chi connectivity index (χ4v) is 2.52. The number of benzene rings is 2. The van der Waals surface area contributed by atoms with Gasteiger partial charge in [0.15, 0.2) is 5.16 Å². The van der Waals surface area contributed by atoms with Crippen molar-refractivity contribution in [3.8, 4) is 17.5 Å². The highest BCUT2D eigenvalue weighted by atomic mass is 32.2. The van der Waals surface area contributed by atoms with E-state index >= 15 is 0 Å². The zero-order valence-electron chi connectivity index (χ0n) is 11.3. The third-order valence-corrected chi connectivity index (χ3v) is 3.66. The fraction of sp³-hybridized carbons (Fsp3) is 0.0588. The number of rotatable bonds is 3. The van der Waals surface area contributed by atoms with Crippen LogP contribution >= 0.6 is 11.8 Å². The summed E-state index contributed by atoms with van der Waals surface area (Å²) in [5.74, 6) is 6.97. The minimum atomic E-state index is 0.681. The van der Waals surface area contributed by atoms with Gasteiger partial charge in [0.2, 0.25) is 0 Å². The minimum absolute atomic E-state index is 0.681. The van der Waals surface area contributed by atoms with E-state index in [0.29, 0.717) is 5.75 Å². The van der Waals surface area contributed by atoms with E-state index in [9.17, 15) is 0 Å². The molecule has 4 heteroatoms. The average Bonchev–Trinajstić information content (AvgIpc) is 3.02. The van der Waals surface area contributed by atoms with Gasteiger partial charge in [0.05, 0.1) is 5.75 Å². The lowest BCUT2D eigenvalue weighted by Gasteiger charge is -2.03. The minimum Gasteiger partial charge on any atom is -0.277 e. The van der Waals surface area contributed by atoms with Crippen molar-refractivity contribution in [2.45, 2.75) is 5.16 Å². The summed E-state index contributed by atoms with van der Waals surface area (Å²) in [6.45, 7) is 0. The number of para-hydroxylation sites is 1. The standard InChI is InChI=1S/C17H13N3S/c1-3-8-15(9-4-1)10-7-13-21-17-19-18-14-20(17)16-11-5-2-6-12-16/h1-6,8-9,11-12,14H,13H2. The Bertz CT molecular complexity index is 755. The van der Waals surface area contributed by atoms with Gasteiger partial charge >= 0.3 is 0 Å². The summed E-state index contributed by atoms with van der Waals surface area (Å²) in [7, 11) is 0. The first-order valence-corrected chi connectivity index (χ1v) is 7.54. The zero-order chi connectivity index (χ0) is 14.3. The Morgan fingerprint density at radius 1 is 0.952 bits per heavy atom. The van der Waals surface area contributed by atoms with Gasteiger partial charge in [-0.25, -0.2) is 0 Å². The second-order valence-corrected chi connectivity index (χ2v) is 5.22. The summed E-state index contributed by atoms with van der Waals surface area (Å²) in [6.07, 6.45) is 1.72. The van der Waals surface area contributed by atoms with Crippen molar-refractivity contribution < 1.29 is 0 Å². The lowest BCUT2D eigenvalue weighted by atomic mass is 10.2. The summed E-state index contributed by atoms with van der Waals surface area (Å²) in [6, 6.07) is 20.0. The fourth-order valence-electron chi connectivity index (χ4n) is 1.85. The van der Waals surface area contributed by atoms with Gasteiger partial charge in [0, 0.05) is 11.3 Å². The number of hydrogen-bond donors (Lipinski definition) is 0. The molecule has 21 heavy (non-hydrogen) atoms. The van der Waals surface area contributed by atoms with Gasteiger partial charge in [-0.1, -0.05) is 60.0 Å². The Balaban J connectivity index is 1.68. The Morgan fingerprint density at radius 3 is 2.43 bits per heavy atom. The molecule has 0 aliphatic heterocycles. The quantitative estimate of drug-likeness (QED) is 0.547. The highest BCUT2D eigenvalue weighted by Crippen LogP contribution is 2.18. The normalized spacial score (nSPS) is 9.90. The van der Waals surface area contributed by atoms with Gasteiger partial charge in [-0.15, -0.1) is 10.2 Å². The Labute approximate surface area is 128 Å². The Hall–Kier alpha value is -2.51. The van der Waals surface area contributed by atoms with Crippen molar-refractivity contribution >= 4 is 11.8 Å². The van der Waals surface area contributed by atoms with Crippen LogP contribution in [0, 0.1) is 11.8 Å². The van der Waals surface area contributed by atoms with Gasteiger partial charge in [-0.3, -0.25) is 4.57 Å². The Kier molecular flexibility index (Phi) is 4.35. The molecule has 3 aromatic rings. The van der Waals surface area contributed by atoms with Gasteiger partial charge in [-0.2, -0.15) is 0 Å². The van der Waals surface area contributed by atoms with E-state index in [4.69, 9.17) is 0 Å². The molecule has 2 aromatic carbocycles. The number of hydrogen-bond acceptors (Lipinski definition) is 3. The van der Waals surface area contributed by atoms with Gasteiger partial charge < -0.3 is 0 Å². The molecular formula is C17H13N3S. The molecule has 0 saturated heterocycles. The monoisotopic (exact) mass is 291 g/mol. The summed E-state index contributed by atoms with van der Waals surface area (Å²) in [4.78, 5) is 0. The third kappa shape index (κ3) is 3.53. The van der Waals surface area contributed by atoms with E-state index in [1.165, 1.54) is 0 Å². The van der Waals surface area contributed by atoms with E-state index in [1.54, 1.807) is 18.1 Å². The second-order valence-electron chi connectivity index (χ2n) is 4.28. The van der Waals surface area contributed by atoms with Crippen molar-refractivity contribution in [2.24, 2.45) is 0 Å². The highest BCUT2D eigenvalue weighted by Gasteiger charge is 2.05. The van der Waals surface area contributed by atoms with Crippen LogP contribution in [0.1, 0.15) is 5.56 Å². The molecule has 0 aliphatic rings. The zero-order valence-corrected chi connectivity index (χ0v) is 12.1. The lowest BCUT2D eigenvalue weighted by Crippen LogP contribution is -1.94. The van der Waals surface area contributed by atoms with Crippen LogP contribution in [0.15, 0.2) is 72.1 Å². The molecule has 0 amide bonds. The molecule has 0 radical (unpaired) electrons. The molecule has 0 atom stereocenters. The van der Waals surface area contributed by atoms with E-state index < -0.39 is 0 Å². The van der Waals surface area contributed by atoms with Gasteiger partial charge in [0.1, 0.15) is 6.33 Å². The van der Waals surface area contributed by atoms with Crippen molar-refractivity contribution in [1.29, 1.82) is 0 Å². The van der Waals surface area contributed by atoms with Crippen molar-refractivity contribution in [3.63, 3.8) is 0 Å². The summed E-state index contributed by atoms with van der Waals surface area (Å²) in [5, 5.41) is 8.98. The maximum absolute atomic E-state index is 4.15. The van der Waals surface area contributed by atoms with Gasteiger partial charge in [0.25, 0.3) is 0 Å². The molecule has 1 heterocycles. The summed E-state index contributed by atoms with van der Waals surface area (Å²) in [5.41, 5.74) is 2.09.